The number of morpholine rings is 1. The molecule has 2 amide bonds. The first kappa shape index (κ1) is 26.0. The van der Waals surface area contributed by atoms with Crippen LogP contribution < -0.4 is 5.32 Å². The van der Waals surface area contributed by atoms with E-state index in [0.29, 0.717) is 70.0 Å². The molecule has 5 heterocycles. The molecule has 0 atom stereocenters. The molecule has 2 aliphatic heterocycles. The summed E-state index contributed by atoms with van der Waals surface area (Å²) in [6, 6.07) is 13.6. The molecule has 0 spiro atoms. The first-order valence-corrected chi connectivity index (χ1v) is 13.7. The Hall–Kier alpha value is -4.28. The lowest BCUT2D eigenvalue weighted by Crippen LogP contribution is -2.40. The highest BCUT2D eigenvalue weighted by Crippen LogP contribution is 2.29. The first-order valence-electron chi connectivity index (χ1n) is 13.7. The highest BCUT2D eigenvalue weighted by molar-refractivity contribution is 5.94. The van der Waals surface area contributed by atoms with Gasteiger partial charge in [0.2, 0.25) is 5.91 Å². The molecule has 0 saturated carbocycles. The second-order valence-corrected chi connectivity index (χ2v) is 10.3. The summed E-state index contributed by atoms with van der Waals surface area (Å²) < 4.78 is 7.29. The van der Waals surface area contributed by atoms with Gasteiger partial charge in [0.05, 0.1) is 37.0 Å². The Morgan fingerprint density at radius 2 is 1.80 bits per heavy atom. The molecule has 2 saturated heterocycles. The highest BCUT2D eigenvalue weighted by Gasteiger charge is 2.22. The Balaban J connectivity index is 1.20. The molecular formula is C30H32N6O4. The Kier molecular flexibility index (Phi) is 7.43. The molecule has 2 aliphatic rings. The molecule has 40 heavy (non-hydrogen) atoms. The fraction of sp³-hybridized carbons (Fsp3) is 0.333. The van der Waals surface area contributed by atoms with Gasteiger partial charge in [-0.05, 0) is 42.2 Å². The molecule has 10 heteroatoms. The second-order valence-electron chi connectivity index (χ2n) is 10.3. The molecule has 10 nitrogen and oxygen atoms in total. The van der Waals surface area contributed by atoms with Crippen molar-refractivity contribution >= 4 is 29.0 Å². The maximum Gasteiger partial charge on any atom is 0.255 e. The molecule has 4 aromatic rings. The highest BCUT2D eigenvalue weighted by atomic mass is 16.5. The van der Waals surface area contributed by atoms with Crippen LogP contribution in [0.2, 0.25) is 0 Å². The topological polar surface area (TPSA) is 112 Å². The van der Waals surface area contributed by atoms with Crippen molar-refractivity contribution in [2.45, 2.75) is 25.4 Å². The maximum atomic E-state index is 12.9. The molecule has 1 aromatic carbocycles. The van der Waals surface area contributed by atoms with E-state index in [9.17, 15) is 14.7 Å². The van der Waals surface area contributed by atoms with Gasteiger partial charge in [0.25, 0.3) is 5.91 Å². The molecule has 2 N–H and O–H groups in total. The van der Waals surface area contributed by atoms with Crippen molar-refractivity contribution in [2.75, 3.05) is 44.7 Å². The number of aromatic nitrogens is 3. The number of nitrogens with one attached hydrogen (secondary N) is 1. The van der Waals surface area contributed by atoms with E-state index in [1.165, 1.54) is 0 Å². The fourth-order valence-corrected chi connectivity index (χ4v) is 5.23. The van der Waals surface area contributed by atoms with Crippen molar-refractivity contribution in [3.8, 4) is 11.1 Å². The number of aliphatic hydroxyl groups is 1. The maximum absolute atomic E-state index is 12.9. The van der Waals surface area contributed by atoms with Gasteiger partial charge in [0.1, 0.15) is 5.82 Å². The van der Waals surface area contributed by atoms with Crippen LogP contribution in [0.4, 0.5) is 11.5 Å². The van der Waals surface area contributed by atoms with Crippen molar-refractivity contribution in [1.29, 1.82) is 0 Å². The summed E-state index contributed by atoms with van der Waals surface area (Å²) in [5, 5.41) is 13.1. The second kappa shape index (κ2) is 11.4. The number of piperidine rings is 1. The zero-order chi connectivity index (χ0) is 27.5. The van der Waals surface area contributed by atoms with Gasteiger partial charge in [-0.2, -0.15) is 0 Å². The Labute approximate surface area is 232 Å². The molecular weight excluding hydrogens is 508 g/mol. The zero-order valence-corrected chi connectivity index (χ0v) is 22.2. The van der Waals surface area contributed by atoms with Gasteiger partial charge in [-0.3, -0.25) is 9.59 Å². The lowest BCUT2D eigenvalue weighted by molar-refractivity contribution is -0.132. The number of carbonyl (C=O) groups is 2. The number of pyridine rings is 2. The van der Waals surface area contributed by atoms with Gasteiger partial charge >= 0.3 is 0 Å². The number of hydrogen-bond acceptors (Lipinski definition) is 7. The van der Waals surface area contributed by atoms with Crippen molar-refractivity contribution < 1.29 is 19.4 Å². The minimum atomic E-state index is -0.306. The van der Waals surface area contributed by atoms with Crippen LogP contribution >= 0.6 is 0 Å². The Morgan fingerprint density at radius 3 is 2.58 bits per heavy atom. The van der Waals surface area contributed by atoms with Crippen LogP contribution in [-0.4, -0.2) is 86.6 Å². The normalized spacial score (nSPS) is 16.3. The number of benzene rings is 1. The number of imidazole rings is 1. The summed E-state index contributed by atoms with van der Waals surface area (Å²) in [5.74, 6) is 0.640. The molecule has 0 unspecified atom stereocenters. The van der Waals surface area contributed by atoms with E-state index in [1.807, 2.05) is 52.0 Å². The van der Waals surface area contributed by atoms with E-state index in [0.717, 1.165) is 28.0 Å². The van der Waals surface area contributed by atoms with Crippen molar-refractivity contribution in [3.63, 3.8) is 0 Å². The number of fused-ring (bicyclic) bond motifs is 1. The van der Waals surface area contributed by atoms with Gasteiger partial charge in [0.15, 0.2) is 5.65 Å². The monoisotopic (exact) mass is 540 g/mol. The number of ether oxygens (including phenoxy) is 1. The lowest BCUT2D eigenvalue weighted by atomic mass is 10.0. The molecule has 0 aliphatic carbocycles. The number of amides is 2. The number of likely N-dealkylation sites (tertiary alicyclic amines) is 1. The van der Waals surface area contributed by atoms with E-state index in [2.05, 4.69) is 15.3 Å². The predicted octanol–water partition coefficient (Wildman–Crippen LogP) is 3.14. The average molecular weight is 541 g/mol. The summed E-state index contributed by atoms with van der Waals surface area (Å²) in [7, 11) is 0. The number of rotatable bonds is 6. The smallest absolute Gasteiger partial charge is 0.255 e. The van der Waals surface area contributed by atoms with Crippen LogP contribution in [0.25, 0.3) is 16.8 Å². The van der Waals surface area contributed by atoms with Gasteiger partial charge in [-0.1, -0.05) is 24.3 Å². The third kappa shape index (κ3) is 5.68. The Morgan fingerprint density at radius 1 is 0.975 bits per heavy atom. The van der Waals surface area contributed by atoms with Crippen LogP contribution in [0.5, 0.6) is 0 Å². The van der Waals surface area contributed by atoms with E-state index in [-0.39, 0.29) is 17.9 Å². The molecule has 206 valence electrons. The van der Waals surface area contributed by atoms with E-state index in [4.69, 9.17) is 4.74 Å². The van der Waals surface area contributed by atoms with Crippen molar-refractivity contribution in [1.82, 2.24) is 24.2 Å². The van der Waals surface area contributed by atoms with Gasteiger partial charge < -0.3 is 29.4 Å². The summed E-state index contributed by atoms with van der Waals surface area (Å²) in [6.07, 6.45) is 8.52. The number of aliphatic hydroxyl groups excluding tert-OH is 1. The van der Waals surface area contributed by atoms with Crippen LogP contribution in [0.3, 0.4) is 0 Å². The standard InChI is InChI=1S/C30H32N6O4/c37-25-6-9-34(10-7-25)28(38)17-21-2-1-3-22(16-21)24-18-26(29-31-8-11-36(29)20-24)33-27-5-4-23(19-32-27)30(39)35-12-14-40-15-13-35/h1-5,8,11,16,18-20,25,37H,6-7,9-10,12-15,17H2,(H,32,33). The summed E-state index contributed by atoms with van der Waals surface area (Å²) in [5.41, 5.74) is 4.95. The average Bonchev–Trinajstić information content (AvgIpc) is 3.47. The number of nitrogens with zero attached hydrogens (tertiary/aromatic N) is 5. The molecule has 3 aromatic heterocycles. The summed E-state index contributed by atoms with van der Waals surface area (Å²) in [4.78, 5) is 38.2. The zero-order valence-electron chi connectivity index (χ0n) is 22.2. The SMILES string of the molecule is O=C(Cc1cccc(-c2cc(Nc3ccc(C(=O)N4CCOCC4)cn3)c3nccn3c2)c1)N1CCC(O)CC1. The largest absolute Gasteiger partial charge is 0.393 e. The number of hydrogen-bond donors (Lipinski definition) is 2. The first-order chi connectivity index (χ1) is 19.5. The lowest BCUT2D eigenvalue weighted by Gasteiger charge is -2.29. The van der Waals surface area contributed by atoms with E-state index >= 15 is 0 Å². The van der Waals surface area contributed by atoms with Crippen LogP contribution in [0.1, 0.15) is 28.8 Å². The van der Waals surface area contributed by atoms with E-state index in [1.54, 1.807) is 29.4 Å². The molecule has 0 radical (unpaired) electrons. The third-order valence-electron chi connectivity index (χ3n) is 7.49. The van der Waals surface area contributed by atoms with Crippen LogP contribution in [-0.2, 0) is 16.0 Å². The van der Waals surface area contributed by atoms with Crippen molar-refractivity contribution in [2.24, 2.45) is 0 Å². The van der Waals surface area contributed by atoms with E-state index < -0.39 is 0 Å². The number of carbonyl (C=O) groups excluding carboxylic acids is 2. The third-order valence-corrected chi connectivity index (χ3v) is 7.49. The van der Waals surface area contributed by atoms with Gasteiger partial charge in [0, 0.05) is 56.5 Å². The van der Waals surface area contributed by atoms with Crippen LogP contribution in [0.15, 0.2) is 67.3 Å². The molecule has 0 bridgehead atoms. The van der Waals surface area contributed by atoms with Gasteiger partial charge in [-0.25, -0.2) is 9.97 Å². The summed E-state index contributed by atoms with van der Waals surface area (Å²) >= 11 is 0. The predicted molar refractivity (Wildman–Crippen MR) is 150 cm³/mol. The summed E-state index contributed by atoms with van der Waals surface area (Å²) in [6.45, 7) is 3.48. The van der Waals surface area contributed by atoms with Crippen LogP contribution in [0, 0.1) is 0 Å². The minimum absolute atomic E-state index is 0.0452. The quantitative estimate of drug-likeness (QED) is 0.386. The number of anilines is 2. The van der Waals surface area contributed by atoms with Gasteiger partial charge in [-0.15, -0.1) is 0 Å². The Bertz CT molecular complexity index is 1500. The van der Waals surface area contributed by atoms with Crippen molar-refractivity contribution in [3.05, 3.63) is 78.4 Å². The molecule has 2 fully saturated rings. The fourth-order valence-electron chi connectivity index (χ4n) is 5.23. The molecule has 6 rings (SSSR count). The minimum Gasteiger partial charge on any atom is -0.393 e.